The molecule has 0 heterocycles. The van der Waals surface area contributed by atoms with Crippen molar-refractivity contribution in [3.05, 3.63) is 34.3 Å². The Morgan fingerprint density at radius 3 is 2.54 bits per heavy atom. The third-order valence-electron chi connectivity index (χ3n) is 2.04. The van der Waals surface area contributed by atoms with Gasteiger partial charge < -0.3 is 10.8 Å². The molecule has 1 aromatic carbocycles. The molecular weight excluding hydrogens is 186 g/mol. The summed E-state index contributed by atoms with van der Waals surface area (Å²) in [6.45, 7) is 3.68. The fraction of sp³-hybridized carbons (Fsp3) is 0.400. The average Bonchev–Trinajstić information content (AvgIpc) is 2.08. The first-order chi connectivity index (χ1) is 6.02. The SMILES string of the molecule is Cc1ccc([C@@H](O)[C@H](C)N)cc1Cl. The van der Waals surface area contributed by atoms with E-state index in [-0.39, 0.29) is 6.04 Å². The summed E-state index contributed by atoms with van der Waals surface area (Å²) in [5, 5.41) is 10.3. The van der Waals surface area contributed by atoms with E-state index in [1.54, 1.807) is 13.0 Å². The molecule has 2 nitrogen and oxygen atoms in total. The van der Waals surface area contributed by atoms with Gasteiger partial charge in [0, 0.05) is 11.1 Å². The summed E-state index contributed by atoms with van der Waals surface area (Å²) < 4.78 is 0. The van der Waals surface area contributed by atoms with Crippen LogP contribution in [0.3, 0.4) is 0 Å². The van der Waals surface area contributed by atoms with Gasteiger partial charge in [-0.1, -0.05) is 23.7 Å². The zero-order chi connectivity index (χ0) is 10.0. The van der Waals surface area contributed by atoms with Crippen molar-refractivity contribution < 1.29 is 5.11 Å². The van der Waals surface area contributed by atoms with Crippen LogP contribution in [0.5, 0.6) is 0 Å². The standard InChI is InChI=1S/C10H14ClNO/c1-6-3-4-8(5-9(6)11)10(13)7(2)12/h3-5,7,10,13H,12H2,1-2H3/t7-,10-/m0/s1. The highest BCUT2D eigenvalue weighted by Crippen LogP contribution is 2.22. The van der Waals surface area contributed by atoms with Crippen molar-refractivity contribution in [1.82, 2.24) is 0 Å². The van der Waals surface area contributed by atoms with Gasteiger partial charge in [0.1, 0.15) is 0 Å². The van der Waals surface area contributed by atoms with Crippen LogP contribution in [0.4, 0.5) is 0 Å². The summed E-state index contributed by atoms with van der Waals surface area (Å²) in [6, 6.07) is 5.20. The van der Waals surface area contributed by atoms with Crippen molar-refractivity contribution in [1.29, 1.82) is 0 Å². The molecule has 0 radical (unpaired) electrons. The van der Waals surface area contributed by atoms with Crippen molar-refractivity contribution >= 4 is 11.6 Å². The average molecular weight is 200 g/mol. The third-order valence-corrected chi connectivity index (χ3v) is 2.44. The molecule has 1 aromatic rings. The predicted molar refractivity (Wildman–Crippen MR) is 54.8 cm³/mol. The second kappa shape index (κ2) is 4.09. The van der Waals surface area contributed by atoms with Crippen LogP contribution in [0.1, 0.15) is 24.2 Å². The normalized spacial score (nSPS) is 15.5. The number of hydrogen-bond donors (Lipinski definition) is 2. The number of aliphatic hydroxyl groups is 1. The molecule has 0 aliphatic rings. The smallest absolute Gasteiger partial charge is 0.0938 e. The van der Waals surface area contributed by atoms with Crippen LogP contribution in [-0.2, 0) is 0 Å². The van der Waals surface area contributed by atoms with E-state index in [0.29, 0.717) is 5.02 Å². The van der Waals surface area contributed by atoms with Gasteiger partial charge in [-0.25, -0.2) is 0 Å². The van der Waals surface area contributed by atoms with Gasteiger partial charge in [0.25, 0.3) is 0 Å². The van der Waals surface area contributed by atoms with E-state index in [2.05, 4.69) is 0 Å². The molecule has 0 aromatic heterocycles. The largest absolute Gasteiger partial charge is 0.387 e. The number of benzene rings is 1. The lowest BCUT2D eigenvalue weighted by atomic mass is 10.0. The van der Waals surface area contributed by atoms with E-state index in [0.717, 1.165) is 11.1 Å². The van der Waals surface area contributed by atoms with Crippen molar-refractivity contribution in [2.45, 2.75) is 26.0 Å². The summed E-state index contributed by atoms with van der Waals surface area (Å²) in [6.07, 6.45) is -0.641. The monoisotopic (exact) mass is 199 g/mol. The van der Waals surface area contributed by atoms with Crippen LogP contribution in [0.2, 0.25) is 5.02 Å². The Labute approximate surface area is 83.3 Å². The second-order valence-corrected chi connectivity index (χ2v) is 3.72. The number of hydrogen-bond acceptors (Lipinski definition) is 2. The van der Waals surface area contributed by atoms with Gasteiger partial charge in [-0.3, -0.25) is 0 Å². The molecule has 13 heavy (non-hydrogen) atoms. The van der Waals surface area contributed by atoms with Crippen molar-refractivity contribution in [2.75, 3.05) is 0 Å². The molecular formula is C10H14ClNO. The summed E-state index contributed by atoms with van der Waals surface area (Å²) in [5.41, 5.74) is 7.33. The third kappa shape index (κ3) is 2.44. The molecule has 3 N–H and O–H groups in total. The quantitative estimate of drug-likeness (QED) is 0.766. The van der Waals surface area contributed by atoms with E-state index < -0.39 is 6.10 Å². The maximum atomic E-state index is 9.63. The fourth-order valence-corrected chi connectivity index (χ4v) is 1.29. The lowest BCUT2D eigenvalue weighted by molar-refractivity contribution is 0.153. The summed E-state index contributed by atoms with van der Waals surface area (Å²) in [4.78, 5) is 0. The number of rotatable bonds is 2. The van der Waals surface area contributed by atoms with E-state index in [1.165, 1.54) is 0 Å². The Balaban J connectivity index is 2.97. The second-order valence-electron chi connectivity index (χ2n) is 3.31. The lowest BCUT2D eigenvalue weighted by Gasteiger charge is -2.15. The first-order valence-corrected chi connectivity index (χ1v) is 4.60. The molecule has 3 heteroatoms. The molecule has 1 rings (SSSR count). The predicted octanol–water partition coefficient (Wildman–Crippen LogP) is 2.03. The Hall–Kier alpha value is -0.570. The van der Waals surface area contributed by atoms with Crippen LogP contribution < -0.4 is 5.73 Å². The van der Waals surface area contributed by atoms with Gasteiger partial charge >= 0.3 is 0 Å². The molecule has 0 unspecified atom stereocenters. The maximum absolute atomic E-state index is 9.63. The highest BCUT2D eigenvalue weighted by atomic mass is 35.5. The molecule has 0 amide bonds. The molecule has 0 fully saturated rings. The van der Waals surface area contributed by atoms with Crippen molar-refractivity contribution in [3.8, 4) is 0 Å². The van der Waals surface area contributed by atoms with Gasteiger partial charge in [0.05, 0.1) is 6.10 Å². The van der Waals surface area contributed by atoms with Gasteiger partial charge in [-0.15, -0.1) is 0 Å². The maximum Gasteiger partial charge on any atom is 0.0938 e. The van der Waals surface area contributed by atoms with Gasteiger partial charge in [-0.2, -0.15) is 0 Å². The fourth-order valence-electron chi connectivity index (χ4n) is 1.10. The van der Waals surface area contributed by atoms with Crippen LogP contribution in [0.25, 0.3) is 0 Å². The molecule has 0 spiro atoms. The number of aryl methyl sites for hydroxylation is 1. The van der Waals surface area contributed by atoms with E-state index in [1.807, 2.05) is 19.1 Å². The number of aliphatic hydroxyl groups excluding tert-OH is 1. The molecule has 0 aliphatic heterocycles. The minimum atomic E-state index is -0.641. The van der Waals surface area contributed by atoms with Crippen molar-refractivity contribution in [2.24, 2.45) is 5.73 Å². The topological polar surface area (TPSA) is 46.2 Å². The van der Waals surface area contributed by atoms with E-state index in [4.69, 9.17) is 17.3 Å². The minimum absolute atomic E-state index is 0.279. The summed E-state index contributed by atoms with van der Waals surface area (Å²) in [7, 11) is 0. The Morgan fingerprint density at radius 2 is 2.08 bits per heavy atom. The zero-order valence-electron chi connectivity index (χ0n) is 7.79. The van der Waals surface area contributed by atoms with Crippen LogP contribution in [-0.4, -0.2) is 11.1 Å². The van der Waals surface area contributed by atoms with Gasteiger partial charge in [0.15, 0.2) is 0 Å². The molecule has 0 saturated heterocycles. The zero-order valence-corrected chi connectivity index (χ0v) is 8.55. The Bertz CT molecular complexity index is 299. The molecule has 0 saturated carbocycles. The van der Waals surface area contributed by atoms with Crippen LogP contribution >= 0.6 is 11.6 Å². The minimum Gasteiger partial charge on any atom is -0.387 e. The first-order valence-electron chi connectivity index (χ1n) is 4.22. The number of nitrogens with two attached hydrogens (primary N) is 1. The highest BCUT2D eigenvalue weighted by molar-refractivity contribution is 6.31. The highest BCUT2D eigenvalue weighted by Gasteiger charge is 2.12. The van der Waals surface area contributed by atoms with Gasteiger partial charge in [-0.05, 0) is 31.0 Å². The molecule has 0 aliphatic carbocycles. The number of halogens is 1. The van der Waals surface area contributed by atoms with Crippen molar-refractivity contribution in [3.63, 3.8) is 0 Å². The summed E-state index contributed by atoms with van der Waals surface area (Å²) >= 11 is 5.91. The van der Waals surface area contributed by atoms with Gasteiger partial charge in [0.2, 0.25) is 0 Å². The summed E-state index contributed by atoms with van der Waals surface area (Å²) in [5.74, 6) is 0. The van der Waals surface area contributed by atoms with Crippen LogP contribution in [0.15, 0.2) is 18.2 Å². The lowest BCUT2D eigenvalue weighted by Crippen LogP contribution is -2.24. The molecule has 2 atom stereocenters. The molecule has 72 valence electrons. The van der Waals surface area contributed by atoms with E-state index >= 15 is 0 Å². The molecule has 0 bridgehead atoms. The van der Waals surface area contributed by atoms with E-state index in [9.17, 15) is 5.11 Å². The Kier molecular flexibility index (Phi) is 3.31. The first kappa shape index (κ1) is 10.5. The Morgan fingerprint density at radius 1 is 1.46 bits per heavy atom. The van der Waals surface area contributed by atoms with Crippen LogP contribution in [0, 0.1) is 6.92 Å².